The molecular weight excluding hydrogens is 304 g/mol. The highest BCUT2D eigenvalue weighted by molar-refractivity contribution is 5.78. The van der Waals surface area contributed by atoms with Gasteiger partial charge in [-0.2, -0.15) is 0 Å². The molecule has 6 nitrogen and oxygen atoms in total. The van der Waals surface area contributed by atoms with Gasteiger partial charge in [0.05, 0.1) is 18.6 Å². The maximum Gasteiger partial charge on any atom is 0.224 e. The van der Waals surface area contributed by atoms with E-state index < -0.39 is 6.10 Å². The third-order valence-corrected chi connectivity index (χ3v) is 5.61. The Hall–Kier alpha value is -1.53. The minimum atomic E-state index is -0.457. The van der Waals surface area contributed by atoms with E-state index >= 15 is 0 Å². The molecule has 3 rings (SSSR count). The van der Waals surface area contributed by atoms with E-state index in [0.29, 0.717) is 12.0 Å². The van der Waals surface area contributed by atoms with Gasteiger partial charge in [0.25, 0.3) is 0 Å². The fraction of sp³-hybridized carbons (Fsp3) is 0.722. The first kappa shape index (κ1) is 17.3. The third kappa shape index (κ3) is 3.17. The summed E-state index contributed by atoms with van der Waals surface area (Å²) in [7, 11) is 0. The van der Waals surface area contributed by atoms with E-state index in [1.807, 2.05) is 0 Å². The van der Waals surface area contributed by atoms with Crippen molar-refractivity contribution in [3.05, 3.63) is 24.3 Å². The molecule has 1 aliphatic carbocycles. The lowest BCUT2D eigenvalue weighted by atomic mass is 9.65. The number of amides is 1. The van der Waals surface area contributed by atoms with Gasteiger partial charge in [0.15, 0.2) is 0 Å². The molecule has 2 unspecified atom stereocenters. The molecule has 2 N–H and O–H groups in total. The summed E-state index contributed by atoms with van der Waals surface area (Å²) in [4.78, 5) is 22.6. The van der Waals surface area contributed by atoms with Gasteiger partial charge in [-0.25, -0.2) is 9.97 Å². The molecule has 0 radical (unpaired) electrons. The van der Waals surface area contributed by atoms with Gasteiger partial charge in [-0.1, -0.05) is 20.8 Å². The van der Waals surface area contributed by atoms with Gasteiger partial charge < -0.3 is 10.4 Å². The van der Waals surface area contributed by atoms with Crippen molar-refractivity contribution in [2.45, 2.75) is 58.2 Å². The molecule has 1 amide bonds. The van der Waals surface area contributed by atoms with Gasteiger partial charge in [-0.3, -0.25) is 9.69 Å². The number of aromatic nitrogens is 2. The number of hydrogen-bond donors (Lipinski definition) is 2. The summed E-state index contributed by atoms with van der Waals surface area (Å²) in [5.41, 5.74) is 0.940. The van der Waals surface area contributed by atoms with E-state index in [-0.39, 0.29) is 23.8 Å². The highest BCUT2D eigenvalue weighted by Crippen LogP contribution is 2.52. The van der Waals surface area contributed by atoms with E-state index in [9.17, 15) is 9.90 Å². The van der Waals surface area contributed by atoms with Crippen LogP contribution < -0.4 is 5.32 Å². The smallest absolute Gasteiger partial charge is 0.224 e. The standard InChI is InChI=1S/C18H28N4O2/c1-4-22-10-18(17(22)12(2)3)6-14(15(23)7-18)21-16(24)5-13-8-19-11-20-9-13/h8-9,11-12,14-15,17,23H,4-7,10H2,1-3H3,(H,21,24)/t14-,15-,17?,18?/m1/s1. The molecule has 24 heavy (non-hydrogen) atoms. The molecule has 2 fully saturated rings. The lowest BCUT2D eigenvalue weighted by molar-refractivity contribution is -0.122. The van der Waals surface area contributed by atoms with Crippen LogP contribution in [0.3, 0.4) is 0 Å². The van der Waals surface area contributed by atoms with E-state index in [0.717, 1.165) is 31.5 Å². The van der Waals surface area contributed by atoms with Crippen molar-refractivity contribution in [1.29, 1.82) is 0 Å². The van der Waals surface area contributed by atoms with Crippen molar-refractivity contribution in [2.75, 3.05) is 13.1 Å². The molecule has 1 aromatic heterocycles. The second-order valence-electron chi connectivity index (χ2n) is 7.69. The summed E-state index contributed by atoms with van der Waals surface area (Å²) in [6.07, 6.45) is 6.20. The monoisotopic (exact) mass is 332 g/mol. The molecule has 0 bridgehead atoms. The van der Waals surface area contributed by atoms with Crippen LogP contribution in [0, 0.1) is 11.3 Å². The molecule has 1 saturated carbocycles. The zero-order chi connectivity index (χ0) is 17.3. The highest BCUT2D eigenvalue weighted by atomic mass is 16.3. The molecule has 1 aliphatic heterocycles. The summed E-state index contributed by atoms with van der Waals surface area (Å²) in [6.45, 7) is 8.77. The number of nitrogens with zero attached hydrogens (tertiary/aromatic N) is 3. The zero-order valence-electron chi connectivity index (χ0n) is 14.8. The maximum absolute atomic E-state index is 12.3. The first-order valence-corrected chi connectivity index (χ1v) is 8.90. The van der Waals surface area contributed by atoms with Gasteiger partial charge in [0, 0.05) is 30.4 Å². The molecular formula is C18H28N4O2. The quantitative estimate of drug-likeness (QED) is 0.841. The predicted molar refractivity (Wildman–Crippen MR) is 91.2 cm³/mol. The Kier molecular flexibility index (Phi) is 4.88. The zero-order valence-corrected chi connectivity index (χ0v) is 14.8. The van der Waals surface area contributed by atoms with Crippen LogP contribution in [0.4, 0.5) is 0 Å². The Morgan fingerprint density at radius 2 is 2.12 bits per heavy atom. The van der Waals surface area contributed by atoms with Crippen molar-refractivity contribution < 1.29 is 9.90 Å². The average Bonchev–Trinajstić information content (AvgIpc) is 2.83. The number of carbonyl (C=O) groups excluding carboxylic acids is 1. The topological polar surface area (TPSA) is 78.4 Å². The molecule has 4 atom stereocenters. The molecule has 132 valence electrons. The first-order valence-electron chi connectivity index (χ1n) is 8.90. The second kappa shape index (κ2) is 6.76. The Balaban J connectivity index is 1.61. The summed E-state index contributed by atoms with van der Waals surface area (Å²) < 4.78 is 0. The fourth-order valence-corrected chi connectivity index (χ4v) is 4.91. The van der Waals surface area contributed by atoms with E-state index in [1.54, 1.807) is 12.4 Å². The fourth-order valence-electron chi connectivity index (χ4n) is 4.91. The van der Waals surface area contributed by atoms with Gasteiger partial charge in [-0.05, 0) is 30.9 Å². The van der Waals surface area contributed by atoms with Crippen LogP contribution in [-0.4, -0.2) is 57.2 Å². The van der Waals surface area contributed by atoms with Gasteiger partial charge in [0.2, 0.25) is 5.91 Å². The van der Waals surface area contributed by atoms with Crippen LogP contribution in [0.5, 0.6) is 0 Å². The summed E-state index contributed by atoms with van der Waals surface area (Å²) in [6, 6.07) is 0.351. The largest absolute Gasteiger partial charge is 0.391 e. The maximum atomic E-state index is 12.3. The lowest BCUT2D eigenvalue weighted by Crippen LogP contribution is -2.65. The predicted octanol–water partition coefficient (Wildman–Crippen LogP) is 1.01. The van der Waals surface area contributed by atoms with Crippen molar-refractivity contribution in [1.82, 2.24) is 20.2 Å². The summed E-state index contributed by atoms with van der Waals surface area (Å²) >= 11 is 0. The van der Waals surface area contributed by atoms with Crippen LogP contribution in [0.1, 0.15) is 39.2 Å². The number of hydrogen-bond acceptors (Lipinski definition) is 5. The van der Waals surface area contributed by atoms with Crippen molar-refractivity contribution in [3.63, 3.8) is 0 Å². The Morgan fingerprint density at radius 1 is 1.42 bits per heavy atom. The average molecular weight is 332 g/mol. The van der Waals surface area contributed by atoms with Crippen LogP contribution in [0.25, 0.3) is 0 Å². The molecule has 1 aromatic rings. The number of aliphatic hydroxyl groups is 1. The third-order valence-electron chi connectivity index (χ3n) is 5.61. The van der Waals surface area contributed by atoms with Crippen molar-refractivity contribution >= 4 is 5.91 Å². The molecule has 2 heterocycles. The first-order chi connectivity index (χ1) is 11.4. The van der Waals surface area contributed by atoms with Crippen LogP contribution in [0.15, 0.2) is 18.7 Å². The van der Waals surface area contributed by atoms with Gasteiger partial charge in [0.1, 0.15) is 6.33 Å². The molecule has 0 aromatic carbocycles. The minimum absolute atomic E-state index is 0.0707. The van der Waals surface area contributed by atoms with E-state index in [2.05, 4.69) is 41.0 Å². The van der Waals surface area contributed by atoms with E-state index in [1.165, 1.54) is 6.33 Å². The number of nitrogens with one attached hydrogen (secondary N) is 1. The number of rotatable bonds is 5. The van der Waals surface area contributed by atoms with Crippen LogP contribution in [-0.2, 0) is 11.2 Å². The summed E-state index contributed by atoms with van der Waals surface area (Å²) in [5.74, 6) is 0.487. The second-order valence-corrected chi connectivity index (χ2v) is 7.69. The number of carbonyl (C=O) groups is 1. The van der Waals surface area contributed by atoms with E-state index in [4.69, 9.17) is 0 Å². The lowest BCUT2D eigenvalue weighted by Gasteiger charge is -2.58. The number of likely N-dealkylation sites (tertiary alicyclic amines) is 1. The van der Waals surface area contributed by atoms with Crippen LogP contribution in [0.2, 0.25) is 0 Å². The van der Waals surface area contributed by atoms with Crippen molar-refractivity contribution in [3.8, 4) is 0 Å². The SMILES string of the molecule is CCN1CC2(C[C@@H](O)[C@H](NC(=O)Cc3cncnc3)C2)C1C(C)C. The molecule has 1 spiro atoms. The Bertz CT molecular complexity index is 580. The van der Waals surface area contributed by atoms with Gasteiger partial charge in [-0.15, -0.1) is 0 Å². The number of aliphatic hydroxyl groups excluding tert-OH is 1. The molecule has 2 aliphatic rings. The molecule has 1 saturated heterocycles. The summed E-state index contributed by atoms with van der Waals surface area (Å²) in [5, 5.41) is 13.5. The molecule has 6 heteroatoms. The van der Waals surface area contributed by atoms with Crippen LogP contribution >= 0.6 is 0 Å². The highest BCUT2D eigenvalue weighted by Gasteiger charge is 2.58. The van der Waals surface area contributed by atoms with Crippen molar-refractivity contribution in [2.24, 2.45) is 11.3 Å². The Labute approximate surface area is 143 Å². The van der Waals surface area contributed by atoms with Gasteiger partial charge >= 0.3 is 0 Å². The minimum Gasteiger partial charge on any atom is -0.391 e. The Morgan fingerprint density at radius 3 is 2.75 bits per heavy atom. The normalized spacial score (nSPS) is 33.0.